The van der Waals surface area contributed by atoms with Crippen LogP contribution in [0.4, 0.5) is 5.69 Å². The average Bonchev–Trinajstić information content (AvgIpc) is 2.89. The van der Waals surface area contributed by atoms with Gasteiger partial charge >= 0.3 is 0 Å². The fourth-order valence-corrected chi connectivity index (χ4v) is 4.23. The molecule has 0 saturated carbocycles. The van der Waals surface area contributed by atoms with Crippen molar-refractivity contribution in [1.29, 1.82) is 0 Å². The Morgan fingerprint density at radius 2 is 1.71 bits per heavy atom. The van der Waals surface area contributed by atoms with Crippen molar-refractivity contribution in [3.05, 3.63) is 82.3 Å². The van der Waals surface area contributed by atoms with Crippen LogP contribution in [0.2, 0.25) is 0 Å². The molecule has 3 aromatic carbocycles. The van der Waals surface area contributed by atoms with Gasteiger partial charge in [0.15, 0.2) is 11.5 Å². The molecule has 1 atom stereocenters. The molecule has 0 radical (unpaired) electrons. The van der Waals surface area contributed by atoms with Gasteiger partial charge in [-0.3, -0.25) is 9.59 Å². The Labute approximate surface area is 231 Å². The molecule has 0 heterocycles. The number of carbonyl (C=O) groups excluding carboxylic acids is 2. The van der Waals surface area contributed by atoms with E-state index in [1.165, 1.54) is 6.21 Å². The fraction of sp³-hybridized carbons (Fsp3) is 0.276. The predicted molar refractivity (Wildman–Crippen MR) is 152 cm³/mol. The molecule has 0 aliphatic rings. The molecule has 3 rings (SSSR count). The lowest BCUT2D eigenvalue weighted by Gasteiger charge is -2.18. The first-order valence-corrected chi connectivity index (χ1v) is 13.0. The standard InChI is InChI=1S/C29H32BrN3O5/c1-5-37-25-16-21(15-24(30)27(25)38-18-20-9-7-6-8-10-20)17-31-33-29(35)26(19(2)3)28(34)32-22-11-13-23(36-4)14-12-22/h6-17,19,26H,5,18H2,1-4H3,(H,32,34)(H,33,35). The molecule has 2 amide bonds. The van der Waals surface area contributed by atoms with Crippen molar-refractivity contribution < 1.29 is 23.8 Å². The zero-order valence-corrected chi connectivity index (χ0v) is 23.4. The van der Waals surface area contributed by atoms with Gasteiger partial charge in [-0.25, -0.2) is 5.43 Å². The molecule has 1 unspecified atom stereocenters. The highest BCUT2D eigenvalue weighted by atomic mass is 79.9. The second-order valence-electron chi connectivity index (χ2n) is 8.71. The second kappa shape index (κ2) is 14.2. The Bertz CT molecular complexity index is 1250. The van der Waals surface area contributed by atoms with Crippen molar-refractivity contribution in [1.82, 2.24) is 5.43 Å². The average molecular weight is 582 g/mol. The Morgan fingerprint density at radius 1 is 1.00 bits per heavy atom. The van der Waals surface area contributed by atoms with Crippen LogP contribution in [0.3, 0.4) is 0 Å². The van der Waals surface area contributed by atoms with Gasteiger partial charge in [0, 0.05) is 5.69 Å². The SMILES string of the molecule is CCOc1cc(C=NNC(=O)C(C(=O)Nc2ccc(OC)cc2)C(C)C)cc(Br)c1OCc1ccccc1. The number of halogens is 1. The number of ether oxygens (including phenoxy) is 3. The number of carbonyl (C=O) groups is 2. The topological polar surface area (TPSA) is 98.2 Å². The summed E-state index contributed by atoms with van der Waals surface area (Å²) < 4.78 is 17.6. The van der Waals surface area contributed by atoms with Gasteiger partial charge in [0.25, 0.3) is 5.91 Å². The van der Waals surface area contributed by atoms with E-state index in [4.69, 9.17) is 14.2 Å². The van der Waals surface area contributed by atoms with Gasteiger partial charge in [-0.05, 0) is 76.3 Å². The minimum absolute atomic E-state index is 0.247. The van der Waals surface area contributed by atoms with Crippen molar-refractivity contribution in [2.24, 2.45) is 16.9 Å². The van der Waals surface area contributed by atoms with Gasteiger partial charge < -0.3 is 19.5 Å². The highest BCUT2D eigenvalue weighted by Gasteiger charge is 2.30. The lowest BCUT2D eigenvalue weighted by atomic mass is 9.94. The number of amides is 2. The summed E-state index contributed by atoms with van der Waals surface area (Å²) in [5, 5.41) is 6.86. The van der Waals surface area contributed by atoms with Crippen LogP contribution in [0, 0.1) is 11.8 Å². The van der Waals surface area contributed by atoms with Gasteiger partial charge in [-0.2, -0.15) is 5.10 Å². The van der Waals surface area contributed by atoms with Crippen LogP contribution in [0.25, 0.3) is 0 Å². The van der Waals surface area contributed by atoms with Gasteiger partial charge in [0.05, 0.1) is 24.4 Å². The number of benzene rings is 3. The fourth-order valence-electron chi connectivity index (χ4n) is 3.65. The first-order chi connectivity index (χ1) is 18.3. The molecule has 0 spiro atoms. The summed E-state index contributed by atoms with van der Waals surface area (Å²) in [4.78, 5) is 25.7. The Hall–Kier alpha value is -3.85. The molecule has 0 bridgehead atoms. The maximum atomic E-state index is 12.9. The molecule has 0 aromatic heterocycles. The third-order valence-corrected chi connectivity index (χ3v) is 6.12. The van der Waals surface area contributed by atoms with Gasteiger partial charge in [0.2, 0.25) is 5.91 Å². The van der Waals surface area contributed by atoms with E-state index in [1.54, 1.807) is 51.3 Å². The van der Waals surface area contributed by atoms with Crippen LogP contribution in [0.1, 0.15) is 31.9 Å². The lowest BCUT2D eigenvalue weighted by Crippen LogP contribution is -2.39. The van der Waals surface area contributed by atoms with Crippen LogP contribution in [0.15, 0.2) is 76.3 Å². The molecule has 0 aliphatic carbocycles. The molecule has 3 aromatic rings. The summed E-state index contributed by atoms with van der Waals surface area (Å²) in [6.07, 6.45) is 1.49. The molecule has 0 saturated heterocycles. The predicted octanol–water partition coefficient (Wildman–Crippen LogP) is 5.80. The van der Waals surface area contributed by atoms with Gasteiger partial charge in [-0.1, -0.05) is 44.2 Å². The minimum atomic E-state index is -0.936. The van der Waals surface area contributed by atoms with E-state index in [1.807, 2.05) is 43.3 Å². The summed E-state index contributed by atoms with van der Waals surface area (Å²) >= 11 is 3.55. The van der Waals surface area contributed by atoms with Crippen LogP contribution >= 0.6 is 15.9 Å². The summed E-state index contributed by atoms with van der Waals surface area (Å²) in [5.41, 5.74) is 4.77. The summed E-state index contributed by atoms with van der Waals surface area (Å²) in [5.74, 6) is -0.313. The normalized spacial score (nSPS) is 11.7. The van der Waals surface area contributed by atoms with E-state index >= 15 is 0 Å². The molecule has 2 N–H and O–H groups in total. The smallest absolute Gasteiger partial charge is 0.252 e. The van der Waals surface area contributed by atoms with Crippen molar-refractivity contribution in [2.45, 2.75) is 27.4 Å². The van der Waals surface area contributed by atoms with Crippen LogP contribution in [-0.2, 0) is 16.2 Å². The van der Waals surface area contributed by atoms with E-state index in [0.717, 1.165) is 5.56 Å². The first kappa shape index (κ1) is 28.7. The van der Waals surface area contributed by atoms with Crippen molar-refractivity contribution >= 4 is 39.6 Å². The molecule has 9 heteroatoms. The largest absolute Gasteiger partial charge is 0.497 e. The highest BCUT2D eigenvalue weighted by molar-refractivity contribution is 9.10. The van der Waals surface area contributed by atoms with E-state index in [-0.39, 0.29) is 5.92 Å². The second-order valence-corrected chi connectivity index (χ2v) is 9.57. The minimum Gasteiger partial charge on any atom is -0.497 e. The number of hydrogen-bond acceptors (Lipinski definition) is 6. The lowest BCUT2D eigenvalue weighted by molar-refractivity contribution is -0.134. The molecule has 38 heavy (non-hydrogen) atoms. The maximum absolute atomic E-state index is 12.9. The Kier molecular flexibility index (Phi) is 10.7. The van der Waals surface area contributed by atoms with E-state index in [2.05, 4.69) is 31.8 Å². The number of hydrazone groups is 1. The molecule has 8 nitrogen and oxygen atoms in total. The monoisotopic (exact) mass is 581 g/mol. The number of methoxy groups -OCH3 is 1. The zero-order valence-electron chi connectivity index (χ0n) is 21.9. The van der Waals surface area contributed by atoms with Crippen LogP contribution in [-0.4, -0.2) is 31.7 Å². The number of hydrogen-bond donors (Lipinski definition) is 2. The Morgan fingerprint density at radius 3 is 2.34 bits per heavy atom. The van der Waals surface area contributed by atoms with Crippen molar-refractivity contribution in [3.8, 4) is 17.2 Å². The van der Waals surface area contributed by atoms with Gasteiger partial charge in [-0.15, -0.1) is 0 Å². The van der Waals surface area contributed by atoms with E-state index < -0.39 is 17.7 Å². The van der Waals surface area contributed by atoms with Gasteiger partial charge in [0.1, 0.15) is 18.3 Å². The first-order valence-electron chi connectivity index (χ1n) is 12.2. The number of rotatable bonds is 12. The molecular formula is C29H32BrN3O5. The number of anilines is 1. The number of nitrogens with zero attached hydrogens (tertiary/aromatic N) is 1. The summed E-state index contributed by atoms with van der Waals surface area (Å²) in [6, 6.07) is 20.3. The van der Waals surface area contributed by atoms with E-state index in [9.17, 15) is 9.59 Å². The summed E-state index contributed by atoms with van der Waals surface area (Å²) in [7, 11) is 1.57. The Balaban J connectivity index is 1.67. The molecular weight excluding hydrogens is 550 g/mol. The molecule has 0 aliphatic heterocycles. The quantitative estimate of drug-likeness (QED) is 0.160. The molecule has 0 fully saturated rings. The van der Waals surface area contributed by atoms with Crippen LogP contribution in [0.5, 0.6) is 17.2 Å². The third-order valence-electron chi connectivity index (χ3n) is 5.54. The van der Waals surface area contributed by atoms with Crippen LogP contribution < -0.4 is 25.0 Å². The zero-order chi connectivity index (χ0) is 27.5. The maximum Gasteiger partial charge on any atom is 0.252 e. The summed E-state index contributed by atoms with van der Waals surface area (Å²) in [6.45, 7) is 6.34. The van der Waals surface area contributed by atoms with E-state index in [0.29, 0.717) is 46.2 Å². The number of nitrogens with one attached hydrogen (secondary N) is 2. The highest BCUT2D eigenvalue weighted by Crippen LogP contribution is 2.37. The molecule has 200 valence electrons. The third kappa shape index (κ3) is 8.08. The van der Waals surface area contributed by atoms with Crippen molar-refractivity contribution in [2.75, 3.05) is 19.0 Å². The van der Waals surface area contributed by atoms with Crippen molar-refractivity contribution in [3.63, 3.8) is 0 Å².